The molecule has 0 saturated carbocycles. The van der Waals surface area contributed by atoms with E-state index >= 15 is 0 Å². The molecule has 1 atom stereocenters. The fourth-order valence-electron chi connectivity index (χ4n) is 4.08. The van der Waals surface area contributed by atoms with Gasteiger partial charge in [0.25, 0.3) is 0 Å². The van der Waals surface area contributed by atoms with Crippen molar-refractivity contribution in [2.45, 2.75) is 12.1 Å². The van der Waals surface area contributed by atoms with Crippen LogP contribution in [-0.4, -0.2) is 9.97 Å². The lowest BCUT2D eigenvalue weighted by molar-refractivity contribution is -0.137. The van der Waals surface area contributed by atoms with Gasteiger partial charge < -0.3 is 9.97 Å². The number of hydrogen-bond donors (Lipinski definition) is 2. The second kappa shape index (κ2) is 7.78. The van der Waals surface area contributed by atoms with Gasteiger partial charge in [0, 0.05) is 40.1 Å². The largest absolute Gasteiger partial charge is 0.416 e. The maximum atomic E-state index is 13.7. The lowest BCUT2D eigenvalue weighted by Crippen LogP contribution is -2.07. The van der Waals surface area contributed by atoms with E-state index in [4.69, 9.17) is 0 Å². The highest BCUT2D eigenvalue weighted by molar-refractivity contribution is 5.89. The molecule has 3 aromatic carbocycles. The van der Waals surface area contributed by atoms with Crippen LogP contribution in [0.2, 0.25) is 0 Å². The Morgan fingerprint density at radius 1 is 0.710 bits per heavy atom. The maximum absolute atomic E-state index is 13.7. The van der Waals surface area contributed by atoms with Crippen LogP contribution in [0.1, 0.15) is 28.2 Å². The summed E-state index contributed by atoms with van der Waals surface area (Å²) in [7, 11) is 0. The van der Waals surface area contributed by atoms with E-state index in [-0.39, 0.29) is 24.1 Å². The molecule has 0 spiro atoms. The number of halogens is 5. The minimum absolute atomic E-state index is 0. The molecule has 7 heteroatoms. The standard InChI is InChI=1S/C24H16F4N2.ClH/c25-16-9-10-18-20(13-30-22(18)11-16)23(14-5-7-15(8-6-14)24(26,27)28)19-12-29-21-4-2-1-3-17(19)21;/h1-13,23,29-30H;1H. The highest BCUT2D eigenvalue weighted by atomic mass is 35.5. The molecule has 0 aliphatic carbocycles. The fraction of sp³-hybridized carbons (Fsp3) is 0.0833. The Morgan fingerprint density at radius 2 is 1.32 bits per heavy atom. The Morgan fingerprint density at radius 3 is 2.00 bits per heavy atom. The smallest absolute Gasteiger partial charge is 0.361 e. The van der Waals surface area contributed by atoms with Gasteiger partial charge >= 0.3 is 6.18 Å². The quantitative estimate of drug-likeness (QED) is 0.271. The topological polar surface area (TPSA) is 31.6 Å². The van der Waals surface area contributed by atoms with Crippen LogP contribution >= 0.6 is 12.4 Å². The molecule has 0 amide bonds. The molecule has 5 rings (SSSR count). The van der Waals surface area contributed by atoms with E-state index in [1.54, 1.807) is 12.3 Å². The third kappa shape index (κ3) is 3.68. The summed E-state index contributed by atoms with van der Waals surface area (Å²) in [6.07, 6.45) is -0.712. The lowest BCUT2D eigenvalue weighted by Gasteiger charge is -2.18. The highest BCUT2D eigenvalue weighted by Crippen LogP contribution is 2.40. The van der Waals surface area contributed by atoms with Crippen LogP contribution in [0.15, 0.2) is 79.1 Å². The first-order chi connectivity index (χ1) is 14.4. The molecule has 1 unspecified atom stereocenters. The highest BCUT2D eigenvalue weighted by Gasteiger charge is 2.31. The summed E-state index contributed by atoms with van der Waals surface area (Å²) >= 11 is 0. The van der Waals surface area contributed by atoms with Crippen LogP contribution in [0.3, 0.4) is 0 Å². The summed E-state index contributed by atoms with van der Waals surface area (Å²) in [5.74, 6) is -0.684. The average Bonchev–Trinajstić information content (AvgIpc) is 3.33. The van der Waals surface area contributed by atoms with E-state index < -0.39 is 11.7 Å². The fourth-order valence-corrected chi connectivity index (χ4v) is 4.08. The second-order valence-corrected chi connectivity index (χ2v) is 7.28. The second-order valence-electron chi connectivity index (χ2n) is 7.28. The summed E-state index contributed by atoms with van der Waals surface area (Å²) in [6, 6.07) is 17.5. The number of nitrogens with one attached hydrogen (secondary N) is 2. The van der Waals surface area contributed by atoms with Gasteiger partial charge in [0.2, 0.25) is 0 Å². The summed E-state index contributed by atoms with van der Waals surface area (Å²) in [4.78, 5) is 6.34. The summed E-state index contributed by atoms with van der Waals surface area (Å²) in [6.45, 7) is 0. The van der Waals surface area contributed by atoms with Crippen molar-refractivity contribution in [1.29, 1.82) is 0 Å². The van der Waals surface area contributed by atoms with Crippen LogP contribution in [0.5, 0.6) is 0 Å². The summed E-state index contributed by atoms with van der Waals surface area (Å²) in [5, 5.41) is 1.81. The van der Waals surface area contributed by atoms with E-state index in [0.717, 1.165) is 45.1 Å². The normalized spacial score (nSPS) is 12.8. The van der Waals surface area contributed by atoms with Gasteiger partial charge in [-0.3, -0.25) is 0 Å². The van der Waals surface area contributed by atoms with E-state index in [2.05, 4.69) is 9.97 Å². The lowest BCUT2D eigenvalue weighted by atomic mass is 9.84. The SMILES string of the molecule is Cl.Fc1ccc2c(C(c3ccc(C(F)(F)F)cc3)c3c[nH]c4ccccc34)c[nH]c2c1. The van der Waals surface area contributed by atoms with Crippen LogP contribution in [0, 0.1) is 5.82 Å². The van der Waals surface area contributed by atoms with Crippen molar-refractivity contribution in [3.8, 4) is 0 Å². The van der Waals surface area contributed by atoms with Crippen molar-refractivity contribution in [3.63, 3.8) is 0 Å². The number of hydrogen-bond acceptors (Lipinski definition) is 0. The van der Waals surface area contributed by atoms with E-state index in [0.29, 0.717) is 5.52 Å². The number of alkyl halides is 3. The molecule has 158 valence electrons. The predicted molar refractivity (Wildman–Crippen MR) is 116 cm³/mol. The first-order valence-electron chi connectivity index (χ1n) is 9.41. The van der Waals surface area contributed by atoms with Crippen molar-refractivity contribution < 1.29 is 17.6 Å². The molecule has 0 aliphatic heterocycles. The molecule has 2 aromatic heterocycles. The Kier molecular flexibility index (Phi) is 5.27. The first kappa shape index (κ1) is 21.0. The van der Waals surface area contributed by atoms with Gasteiger partial charge in [-0.1, -0.05) is 30.3 Å². The molecule has 5 aromatic rings. The van der Waals surface area contributed by atoms with Gasteiger partial charge in [-0.05, 0) is 53.1 Å². The molecule has 2 nitrogen and oxygen atoms in total. The number of aromatic nitrogens is 2. The average molecular weight is 445 g/mol. The number of benzene rings is 3. The van der Waals surface area contributed by atoms with Gasteiger partial charge in [0.05, 0.1) is 5.56 Å². The van der Waals surface area contributed by atoms with Crippen molar-refractivity contribution >= 4 is 34.2 Å². The maximum Gasteiger partial charge on any atom is 0.416 e. The zero-order valence-corrected chi connectivity index (χ0v) is 16.8. The first-order valence-corrected chi connectivity index (χ1v) is 9.41. The summed E-state index contributed by atoms with van der Waals surface area (Å²) < 4.78 is 52.9. The van der Waals surface area contributed by atoms with Gasteiger partial charge in [0.1, 0.15) is 5.82 Å². The van der Waals surface area contributed by atoms with Gasteiger partial charge in [-0.25, -0.2) is 4.39 Å². The molecule has 0 aliphatic rings. The van der Waals surface area contributed by atoms with Gasteiger partial charge in [-0.15, -0.1) is 12.4 Å². The van der Waals surface area contributed by atoms with Crippen LogP contribution in [0.4, 0.5) is 17.6 Å². The minimum Gasteiger partial charge on any atom is -0.361 e. The van der Waals surface area contributed by atoms with Crippen LogP contribution in [-0.2, 0) is 6.18 Å². The van der Waals surface area contributed by atoms with Crippen LogP contribution < -0.4 is 0 Å². The molecule has 0 saturated heterocycles. The molecule has 0 fully saturated rings. The van der Waals surface area contributed by atoms with E-state index in [1.807, 2.05) is 30.5 Å². The molecule has 0 radical (unpaired) electrons. The number of para-hydroxylation sites is 1. The van der Waals surface area contributed by atoms with E-state index in [9.17, 15) is 17.6 Å². The predicted octanol–water partition coefficient (Wildman–Crippen LogP) is 7.41. The number of fused-ring (bicyclic) bond motifs is 2. The zero-order chi connectivity index (χ0) is 20.9. The Bertz CT molecular complexity index is 1350. The van der Waals surface area contributed by atoms with Gasteiger partial charge in [0.15, 0.2) is 0 Å². The third-order valence-electron chi connectivity index (χ3n) is 5.49. The molecule has 0 bridgehead atoms. The summed E-state index contributed by atoms with van der Waals surface area (Å²) in [5.41, 5.74) is 3.42. The number of H-pyrrole nitrogens is 2. The monoisotopic (exact) mass is 444 g/mol. The van der Waals surface area contributed by atoms with Crippen molar-refractivity contribution in [2.24, 2.45) is 0 Å². The molecule has 2 heterocycles. The zero-order valence-electron chi connectivity index (χ0n) is 16.0. The van der Waals surface area contributed by atoms with Crippen molar-refractivity contribution in [3.05, 3.63) is 107 Å². The number of rotatable bonds is 3. The Balaban J connectivity index is 0.00000231. The molecule has 2 N–H and O–H groups in total. The van der Waals surface area contributed by atoms with Crippen LogP contribution in [0.25, 0.3) is 21.8 Å². The molecular weight excluding hydrogens is 428 g/mol. The van der Waals surface area contributed by atoms with Gasteiger partial charge in [-0.2, -0.15) is 13.2 Å². The Labute approximate surface area is 181 Å². The van der Waals surface area contributed by atoms with Crippen molar-refractivity contribution in [1.82, 2.24) is 9.97 Å². The minimum atomic E-state index is -4.40. The molecular formula is C24H17ClF4N2. The van der Waals surface area contributed by atoms with E-state index in [1.165, 1.54) is 24.3 Å². The van der Waals surface area contributed by atoms with Crippen molar-refractivity contribution in [2.75, 3.05) is 0 Å². The third-order valence-corrected chi connectivity index (χ3v) is 5.49. The Hall–Kier alpha value is -3.25. The molecule has 31 heavy (non-hydrogen) atoms. The number of aromatic amines is 2.